The summed E-state index contributed by atoms with van der Waals surface area (Å²) in [6.07, 6.45) is 0.420. The Morgan fingerprint density at radius 2 is 1.86 bits per heavy atom. The van der Waals surface area contributed by atoms with Crippen LogP contribution in [0.15, 0.2) is 40.0 Å². The molecule has 1 rings (SSSR count). The second-order valence-electron chi connectivity index (χ2n) is 3.88. The van der Waals surface area contributed by atoms with Crippen LogP contribution >= 0.6 is 22.6 Å². The molecule has 1 aromatic rings. The molecule has 0 aliphatic rings. The molecule has 114 valence electrons. The van der Waals surface area contributed by atoms with E-state index in [4.69, 9.17) is 4.74 Å². The van der Waals surface area contributed by atoms with Crippen LogP contribution in [-0.2, 0) is 14.3 Å². The van der Waals surface area contributed by atoms with E-state index in [1.807, 2.05) is 0 Å². The Morgan fingerprint density at radius 3 is 2.43 bits per heavy atom. The molecule has 1 aromatic carbocycles. The van der Waals surface area contributed by atoms with Gasteiger partial charge in [0.15, 0.2) is 0 Å². The smallest absolute Gasteiger partial charge is 0.381 e. The summed E-state index contributed by atoms with van der Waals surface area (Å²) in [5.74, 6) is -6.00. The Kier molecular flexibility index (Phi) is 6.73. The van der Waals surface area contributed by atoms with Crippen LogP contribution in [0.1, 0.15) is 17.3 Å². The third kappa shape index (κ3) is 5.78. The van der Waals surface area contributed by atoms with Crippen LogP contribution in [0, 0.1) is 0 Å². The predicted octanol–water partition coefficient (Wildman–Crippen LogP) is 3.36. The largest absolute Gasteiger partial charge is 0.461 e. The zero-order valence-electron chi connectivity index (χ0n) is 11.1. The molecule has 0 fully saturated rings. The van der Waals surface area contributed by atoms with E-state index in [1.165, 1.54) is 6.92 Å². The lowest BCUT2D eigenvalue weighted by Crippen LogP contribution is -2.29. The first-order valence-electron chi connectivity index (χ1n) is 6.01. The minimum absolute atomic E-state index is 0.0231. The van der Waals surface area contributed by atoms with E-state index in [9.17, 15) is 18.4 Å². The molecule has 0 amide bonds. The Bertz CT molecular complexity index is 529. The standard InChI is InChI=1S/C14H13F2IO4/c1-2-20-13(19)14(15,16)8-11(17)9-21-12(18)10-6-4-3-5-7-10/h3-8H,2,9H2,1H3/b11-8-. The fourth-order valence-electron chi connectivity index (χ4n) is 1.32. The molecule has 0 N–H and O–H groups in total. The molecule has 0 atom stereocenters. The molecule has 0 saturated carbocycles. The second-order valence-corrected chi connectivity index (χ2v) is 5.26. The molecule has 0 bridgehead atoms. The van der Waals surface area contributed by atoms with Gasteiger partial charge in [-0.15, -0.1) is 0 Å². The van der Waals surface area contributed by atoms with E-state index in [0.29, 0.717) is 11.6 Å². The predicted molar refractivity (Wildman–Crippen MR) is 80.4 cm³/mol. The van der Waals surface area contributed by atoms with Crippen molar-refractivity contribution in [1.29, 1.82) is 0 Å². The molecule has 4 nitrogen and oxygen atoms in total. The number of carbonyl (C=O) groups is 2. The van der Waals surface area contributed by atoms with Gasteiger partial charge in [-0.3, -0.25) is 0 Å². The van der Waals surface area contributed by atoms with E-state index in [-0.39, 0.29) is 16.8 Å². The average Bonchev–Trinajstić information content (AvgIpc) is 2.45. The minimum Gasteiger partial charge on any atom is -0.461 e. The number of hydrogen-bond acceptors (Lipinski definition) is 4. The normalized spacial score (nSPS) is 11.9. The number of benzene rings is 1. The zero-order chi connectivity index (χ0) is 15.9. The van der Waals surface area contributed by atoms with Crippen molar-refractivity contribution in [3.05, 3.63) is 45.6 Å². The maximum absolute atomic E-state index is 13.4. The van der Waals surface area contributed by atoms with Gasteiger partial charge >= 0.3 is 17.9 Å². The third-order valence-electron chi connectivity index (χ3n) is 2.24. The first kappa shape index (κ1) is 17.5. The average molecular weight is 410 g/mol. The van der Waals surface area contributed by atoms with Crippen molar-refractivity contribution in [3.63, 3.8) is 0 Å². The van der Waals surface area contributed by atoms with Crippen LogP contribution in [0.3, 0.4) is 0 Å². The molecule has 0 spiro atoms. The second kappa shape index (κ2) is 8.06. The summed E-state index contributed by atoms with van der Waals surface area (Å²) >= 11 is 1.58. The molecule has 7 heteroatoms. The third-order valence-corrected chi connectivity index (χ3v) is 2.86. The van der Waals surface area contributed by atoms with Crippen LogP contribution in [0.4, 0.5) is 8.78 Å². The van der Waals surface area contributed by atoms with Crippen LogP contribution < -0.4 is 0 Å². The van der Waals surface area contributed by atoms with Crippen molar-refractivity contribution < 1.29 is 27.8 Å². The van der Waals surface area contributed by atoms with Crippen molar-refractivity contribution in [3.8, 4) is 0 Å². The molecule has 21 heavy (non-hydrogen) atoms. The summed E-state index contributed by atoms with van der Waals surface area (Å²) in [7, 11) is 0. The zero-order valence-corrected chi connectivity index (χ0v) is 13.3. The fourth-order valence-corrected chi connectivity index (χ4v) is 1.86. The molecular weight excluding hydrogens is 397 g/mol. The van der Waals surface area contributed by atoms with Gasteiger partial charge in [0, 0.05) is 9.66 Å². The van der Waals surface area contributed by atoms with Gasteiger partial charge < -0.3 is 9.47 Å². The Morgan fingerprint density at radius 1 is 1.24 bits per heavy atom. The minimum atomic E-state index is -3.74. The van der Waals surface area contributed by atoms with Crippen LogP contribution in [-0.4, -0.2) is 31.1 Å². The lowest BCUT2D eigenvalue weighted by Gasteiger charge is -2.11. The summed E-state index contributed by atoms with van der Waals surface area (Å²) in [5, 5.41) is 0. The molecule has 0 aliphatic carbocycles. The van der Waals surface area contributed by atoms with Crippen molar-refractivity contribution in [1.82, 2.24) is 0 Å². The number of ether oxygens (including phenoxy) is 2. The highest BCUT2D eigenvalue weighted by atomic mass is 127. The number of carbonyl (C=O) groups excluding carboxylic acids is 2. The van der Waals surface area contributed by atoms with Gasteiger partial charge in [0.05, 0.1) is 12.2 Å². The summed E-state index contributed by atoms with van der Waals surface area (Å²) in [6, 6.07) is 8.15. The van der Waals surface area contributed by atoms with Gasteiger partial charge in [0.1, 0.15) is 6.61 Å². The quantitative estimate of drug-likeness (QED) is 0.533. The van der Waals surface area contributed by atoms with E-state index >= 15 is 0 Å². The van der Waals surface area contributed by atoms with Gasteiger partial charge in [-0.25, -0.2) is 9.59 Å². The van der Waals surface area contributed by atoms with Crippen LogP contribution in [0.25, 0.3) is 0 Å². The topological polar surface area (TPSA) is 52.6 Å². The van der Waals surface area contributed by atoms with E-state index in [1.54, 1.807) is 52.9 Å². The first-order chi connectivity index (χ1) is 9.86. The van der Waals surface area contributed by atoms with E-state index in [0.717, 1.165) is 0 Å². The van der Waals surface area contributed by atoms with Gasteiger partial charge in [-0.2, -0.15) is 8.78 Å². The Balaban J connectivity index is 2.60. The summed E-state index contributed by atoms with van der Waals surface area (Å²) in [5.41, 5.74) is 0.318. The molecule has 0 aromatic heterocycles. The van der Waals surface area contributed by atoms with Crippen molar-refractivity contribution >= 4 is 34.5 Å². The number of hydrogen-bond donors (Lipinski definition) is 0. The van der Waals surface area contributed by atoms with Gasteiger partial charge in [-0.05, 0) is 41.6 Å². The molecule has 0 aliphatic heterocycles. The lowest BCUT2D eigenvalue weighted by atomic mass is 10.2. The molecule has 0 heterocycles. The van der Waals surface area contributed by atoms with Gasteiger partial charge in [-0.1, -0.05) is 18.2 Å². The lowest BCUT2D eigenvalue weighted by molar-refractivity contribution is -0.164. The molecule has 0 radical (unpaired) electrons. The number of rotatable bonds is 6. The maximum Gasteiger partial charge on any atom is 0.381 e. The monoisotopic (exact) mass is 410 g/mol. The summed E-state index contributed by atoms with van der Waals surface area (Å²) < 4.78 is 36.0. The van der Waals surface area contributed by atoms with Crippen molar-refractivity contribution in [2.75, 3.05) is 13.2 Å². The van der Waals surface area contributed by atoms with Gasteiger partial charge in [0.25, 0.3) is 0 Å². The molecule has 0 saturated heterocycles. The Hall–Kier alpha value is -1.51. The number of halogens is 3. The van der Waals surface area contributed by atoms with Gasteiger partial charge in [0.2, 0.25) is 0 Å². The highest BCUT2D eigenvalue weighted by Crippen LogP contribution is 2.22. The number of alkyl halides is 2. The number of esters is 2. The van der Waals surface area contributed by atoms with Crippen LogP contribution in [0.2, 0.25) is 0 Å². The first-order valence-corrected chi connectivity index (χ1v) is 7.09. The summed E-state index contributed by atoms with van der Waals surface area (Å²) in [4.78, 5) is 22.7. The van der Waals surface area contributed by atoms with Crippen molar-refractivity contribution in [2.24, 2.45) is 0 Å². The maximum atomic E-state index is 13.4. The fraction of sp³-hybridized carbons (Fsp3) is 0.286. The molecular formula is C14H13F2IO4. The molecule has 0 unspecified atom stereocenters. The highest BCUT2D eigenvalue weighted by Gasteiger charge is 2.38. The van der Waals surface area contributed by atoms with E-state index in [2.05, 4.69) is 4.74 Å². The van der Waals surface area contributed by atoms with Crippen LogP contribution in [0.5, 0.6) is 0 Å². The Labute approximate surface area is 134 Å². The summed E-state index contributed by atoms with van der Waals surface area (Å²) in [6.45, 7) is 0.954. The van der Waals surface area contributed by atoms with Crippen molar-refractivity contribution in [2.45, 2.75) is 12.8 Å². The van der Waals surface area contributed by atoms with E-state index < -0.39 is 17.9 Å². The highest BCUT2D eigenvalue weighted by molar-refractivity contribution is 14.1. The SMILES string of the molecule is CCOC(=O)C(F)(F)/C=C(\I)COC(=O)c1ccccc1.